The first-order valence-electron chi connectivity index (χ1n) is 4.66. The van der Waals surface area contributed by atoms with Gasteiger partial charge < -0.3 is 15.0 Å². The van der Waals surface area contributed by atoms with Crippen LogP contribution in [0.5, 0.6) is 0 Å². The number of nitrogen functional groups attached to an aromatic ring is 1. The zero-order valence-corrected chi connectivity index (χ0v) is 8.82. The van der Waals surface area contributed by atoms with Gasteiger partial charge in [0.25, 0.3) is 5.56 Å². The van der Waals surface area contributed by atoms with Gasteiger partial charge in [0.1, 0.15) is 6.54 Å². The Balaban J connectivity index is 2.91. The molecule has 15 heavy (non-hydrogen) atoms. The molecule has 0 saturated heterocycles. The molecule has 0 bridgehead atoms. The number of hydrogen-bond donors (Lipinski definition) is 1. The number of carbonyl (C=O) groups excluding carboxylic acids is 1. The predicted molar refractivity (Wildman–Crippen MR) is 56.5 cm³/mol. The lowest BCUT2D eigenvalue weighted by Crippen LogP contribution is -2.25. The predicted octanol–water partition coefficient (Wildman–Crippen LogP) is 0.302. The van der Waals surface area contributed by atoms with E-state index in [2.05, 4.69) is 0 Å². The first-order valence-corrected chi connectivity index (χ1v) is 4.66. The summed E-state index contributed by atoms with van der Waals surface area (Å²) in [5.74, 6) is -0.442. The highest BCUT2D eigenvalue weighted by molar-refractivity contribution is 5.69. The summed E-state index contributed by atoms with van der Waals surface area (Å²) < 4.78 is 5.97. The molecule has 1 aromatic rings. The van der Waals surface area contributed by atoms with E-state index in [0.717, 1.165) is 0 Å². The number of carbonyl (C=O) groups is 1. The van der Waals surface area contributed by atoms with E-state index < -0.39 is 5.97 Å². The molecule has 1 rings (SSSR count). The quantitative estimate of drug-likeness (QED) is 0.728. The lowest BCUT2D eigenvalue weighted by atomic mass is 10.2. The van der Waals surface area contributed by atoms with Crippen LogP contribution in [0.25, 0.3) is 0 Å². The highest BCUT2D eigenvalue weighted by Crippen LogP contribution is 2.05. The molecular weight excluding hydrogens is 196 g/mol. The molecule has 0 spiro atoms. The van der Waals surface area contributed by atoms with Gasteiger partial charge in [-0.3, -0.25) is 9.59 Å². The van der Waals surface area contributed by atoms with Gasteiger partial charge in [-0.05, 0) is 19.4 Å². The van der Waals surface area contributed by atoms with Gasteiger partial charge >= 0.3 is 5.97 Å². The minimum absolute atomic E-state index is 0.100. The van der Waals surface area contributed by atoms with Crippen molar-refractivity contribution < 1.29 is 9.53 Å². The fourth-order valence-corrected chi connectivity index (χ4v) is 1.15. The number of nitrogens with two attached hydrogens (primary N) is 1. The summed E-state index contributed by atoms with van der Waals surface area (Å²) >= 11 is 0. The monoisotopic (exact) mass is 210 g/mol. The van der Waals surface area contributed by atoms with Crippen LogP contribution in [0.4, 0.5) is 5.69 Å². The number of aryl methyl sites for hydroxylation is 1. The number of esters is 1. The summed E-state index contributed by atoms with van der Waals surface area (Å²) in [5.41, 5.74) is 6.57. The van der Waals surface area contributed by atoms with Gasteiger partial charge in [0.15, 0.2) is 0 Å². The van der Waals surface area contributed by atoms with E-state index >= 15 is 0 Å². The van der Waals surface area contributed by atoms with Crippen molar-refractivity contribution in [2.75, 3.05) is 12.3 Å². The number of hydrogen-bond acceptors (Lipinski definition) is 4. The van der Waals surface area contributed by atoms with E-state index in [9.17, 15) is 9.59 Å². The van der Waals surface area contributed by atoms with Crippen molar-refractivity contribution in [1.82, 2.24) is 4.57 Å². The Hall–Kier alpha value is -1.78. The first-order chi connectivity index (χ1) is 7.04. The lowest BCUT2D eigenvalue weighted by Gasteiger charge is -2.07. The summed E-state index contributed by atoms with van der Waals surface area (Å²) in [6, 6.07) is 1.40. The molecule has 5 nitrogen and oxygen atoms in total. The summed E-state index contributed by atoms with van der Waals surface area (Å²) in [5, 5.41) is 0. The molecule has 1 heterocycles. The molecule has 5 heteroatoms. The van der Waals surface area contributed by atoms with E-state index in [1.807, 2.05) is 0 Å². The highest BCUT2D eigenvalue weighted by Gasteiger charge is 2.06. The molecular formula is C10H14N2O3. The second-order valence-corrected chi connectivity index (χ2v) is 3.18. The molecule has 0 atom stereocenters. The third-order valence-corrected chi connectivity index (χ3v) is 1.98. The van der Waals surface area contributed by atoms with Crippen LogP contribution in [-0.4, -0.2) is 17.1 Å². The molecule has 0 aromatic carbocycles. The fourth-order valence-electron chi connectivity index (χ4n) is 1.15. The van der Waals surface area contributed by atoms with Gasteiger partial charge in [0.2, 0.25) is 0 Å². The largest absolute Gasteiger partial charge is 0.465 e. The molecule has 0 aliphatic rings. The Labute approximate surface area is 87.5 Å². The smallest absolute Gasteiger partial charge is 0.326 e. The summed E-state index contributed by atoms with van der Waals surface area (Å²) in [7, 11) is 0. The van der Waals surface area contributed by atoms with E-state index in [4.69, 9.17) is 10.5 Å². The van der Waals surface area contributed by atoms with Gasteiger partial charge in [-0.2, -0.15) is 0 Å². The maximum absolute atomic E-state index is 11.4. The topological polar surface area (TPSA) is 74.3 Å². The average molecular weight is 210 g/mol. The molecule has 0 unspecified atom stereocenters. The van der Waals surface area contributed by atoms with Gasteiger partial charge in [-0.15, -0.1) is 0 Å². The van der Waals surface area contributed by atoms with Crippen molar-refractivity contribution in [3.63, 3.8) is 0 Å². The Morgan fingerprint density at radius 1 is 1.60 bits per heavy atom. The molecule has 82 valence electrons. The lowest BCUT2D eigenvalue weighted by molar-refractivity contribution is -0.143. The van der Waals surface area contributed by atoms with Crippen molar-refractivity contribution in [3.05, 3.63) is 28.2 Å². The van der Waals surface area contributed by atoms with Crippen LogP contribution in [0.1, 0.15) is 12.5 Å². The van der Waals surface area contributed by atoms with Crippen molar-refractivity contribution in [2.45, 2.75) is 20.4 Å². The normalized spacial score (nSPS) is 10.0. The van der Waals surface area contributed by atoms with E-state index in [0.29, 0.717) is 17.9 Å². The van der Waals surface area contributed by atoms with Gasteiger partial charge in [-0.1, -0.05) is 0 Å². The fraction of sp³-hybridized carbons (Fsp3) is 0.400. The van der Waals surface area contributed by atoms with Crippen LogP contribution < -0.4 is 11.3 Å². The third-order valence-electron chi connectivity index (χ3n) is 1.98. The highest BCUT2D eigenvalue weighted by atomic mass is 16.5. The summed E-state index contributed by atoms with van der Waals surface area (Å²) in [4.78, 5) is 22.6. The summed E-state index contributed by atoms with van der Waals surface area (Å²) in [6.07, 6.45) is 1.45. The number of pyridine rings is 1. The van der Waals surface area contributed by atoms with Crippen molar-refractivity contribution >= 4 is 11.7 Å². The van der Waals surface area contributed by atoms with Crippen molar-refractivity contribution in [3.8, 4) is 0 Å². The van der Waals surface area contributed by atoms with Crippen LogP contribution in [0.2, 0.25) is 0 Å². The standard InChI is InChI=1S/C10H14N2O3/c1-3-15-10(14)6-12-5-8(11)7(2)4-9(12)13/h4-5H,3,6,11H2,1-2H3. The minimum Gasteiger partial charge on any atom is -0.465 e. The zero-order valence-electron chi connectivity index (χ0n) is 8.82. The second-order valence-electron chi connectivity index (χ2n) is 3.18. The van der Waals surface area contributed by atoms with Crippen LogP contribution in [0.3, 0.4) is 0 Å². The summed E-state index contributed by atoms with van der Waals surface area (Å²) in [6.45, 7) is 3.65. The van der Waals surface area contributed by atoms with Crippen LogP contribution >= 0.6 is 0 Å². The number of nitrogens with zero attached hydrogens (tertiary/aromatic N) is 1. The molecule has 0 aliphatic carbocycles. The van der Waals surface area contributed by atoms with Gasteiger partial charge in [0, 0.05) is 12.3 Å². The Bertz CT molecular complexity index is 423. The van der Waals surface area contributed by atoms with Crippen LogP contribution in [0, 0.1) is 6.92 Å². The Kier molecular flexibility index (Phi) is 3.49. The van der Waals surface area contributed by atoms with E-state index in [1.165, 1.54) is 16.8 Å². The van der Waals surface area contributed by atoms with Crippen molar-refractivity contribution in [1.29, 1.82) is 0 Å². The average Bonchev–Trinajstić information content (AvgIpc) is 2.14. The van der Waals surface area contributed by atoms with Gasteiger partial charge in [-0.25, -0.2) is 0 Å². The first kappa shape index (κ1) is 11.3. The molecule has 0 amide bonds. The van der Waals surface area contributed by atoms with Crippen molar-refractivity contribution in [2.24, 2.45) is 0 Å². The maximum Gasteiger partial charge on any atom is 0.326 e. The molecule has 1 aromatic heterocycles. The second kappa shape index (κ2) is 4.63. The van der Waals surface area contributed by atoms with Crippen LogP contribution in [-0.2, 0) is 16.1 Å². The van der Waals surface area contributed by atoms with Crippen LogP contribution in [0.15, 0.2) is 17.1 Å². The Morgan fingerprint density at radius 2 is 2.27 bits per heavy atom. The number of aromatic nitrogens is 1. The number of rotatable bonds is 3. The number of anilines is 1. The number of ether oxygens (including phenoxy) is 1. The maximum atomic E-state index is 11.4. The molecule has 2 N–H and O–H groups in total. The zero-order chi connectivity index (χ0) is 11.4. The van der Waals surface area contributed by atoms with Gasteiger partial charge in [0.05, 0.1) is 12.3 Å². The molecule has 0 aliphatic heterocycles. The molecule has 0 saturated carbocycles. The van der Waals surface area contributed by atoms with E-state index in [1.54, 1.807) is 13.8 Å². The minimum atomic E-state index is -0.442. The molecule has 0 fully saturated rings. The molecule has 0 radical (unpaired) electrons. The third kappa shape index (κ3) is 2.83. The van der Waals surface area contributed by atoms with E-state index in [-0.39, 0.29) is 12.1 Å². The SMILES string of the molecule is CCOC(=O)Cn1cc(N)c(C)cc1=O. The Morgan fingerprint density at radius 3 is 2.87 bits per heavy atom.